The summed E-state index contributed by atoms with van der Waals surface area (Å²) in [4.78, 5) is 2.41. The Hall–Kier alpha value is -8.46. The molecule has 0 aliphatic carbocycles. The Morgan fingerprint density at radius 1 is 0.266 bits per heavy atom. The SMILES string of the molecule is c1ccc(-c2ccccc2-c2cccc(N(c3ccc(-c4cccc5c6ccccc6n(-c6ccccc6)c45)cc3)c3cccc(-c4cccc5c4ccc4ccccc45)c3)c2)cc1. The summed E-state index contributed by atoms with van der Waals surface area (Å²) in [5.74, 6) is 0. The number of fused-ring (bicyclic) bond motifs is 6. The largest absolute Gasteiger partial charge is 0.310 e. The van der Waals surface area contributed by atoms with E-state index in [0.29, 0.717) is 0 Å². The molecule has 0 aliphatic rings. The van der Waals surface area contributed by atoms with Gasteiger partial charge in [0.25, 0.3) is 0 Å². The van der Waals surface area contributed by atoms with Crippen LogP contribution in [-0.2, 0) is 0 Å². The van der Waals surface area contributed by atoms with E-state index in [9.17, 15) is 0 Å². The van der Waals surface area contributed by atoms with E-state index in [-0.39, 0.29) is 0 Å². The Kier molecular flexibility index (Phi) is 9.20. The van der Waals surface area contributed by atoms with E-state index in [4.69, 9.17) is 0 Å². The minimum Gasteiger partial charge on any atom is -0.310 e. The Balaban J connectivity index is 1.02. The summed E-state index contributed by atoms with van der Waals surface area (Å²) in [6, 6.07) is 92.7. The van der Waals surface area contributed by atoms with Crippen LogP contribution in [0.2, 0.25) is 0 Å². The van der Waals surface area contributed by atoms with E-state index in [0.717, 1.165) is 33.9 Å². The summed E-state index contributed by atoms with van der Waals surface area (Å²) in [6.07, 6.45) is 0. The van der Waals surface area contributed by atoms with Crippen LogP contribution < -0.4 is 4.90 Å². The Morgan fingerprint density at radius 2 is 0.781 bits per heavy atom. The van der Waals surface area contributed by atoms with Crippen molar-refractivity contribution in [2.24, 2.45) is 0 Å². The molecule has 0 amide bonds. The first-order valence-electron chi connectivity index (χ1n) is 22.0. The van der Waals surface area contributed by atoms with Crippen LogP contribution >= 0.6 is 0 Å². The standard InChI is InChI=1S/C62H42N2/c1-3-17-43(18-4-1)52-26-9-10-28-54(52)46-20-13-24-50(41-46)63(51-25-14-21-47(42-51)55-30-15-32-57-53-27-8-7-19-44(53)37-40-58(55)57)49-38-35-45(36-39-49)56-31-16-33-60-59-29-11-12-34-61(59)64(62(56)60)48-22-5-2-6-23-48/h1-42H. The first kappa shape index (κ1) is 37.3. The molecule has 0 spiro atoms. The number of benzene rings is 11. The van der Waals surface area contributed by atoms with E-state index in [1.165, 1.54) is 76.7 Å². The third kappa shape index (κ3) is 6.44. The fraction of sp³-hybridized carbons (Fsp3) is 0. The van der Waals surface area contributed by atoms with Gasteiger partial charge in [-0.1, -0.05) is 200 Å². The molecular weight excluding hydrogens is 773 g/mol. The monoisotopic (exact) mass is 814 g/mol. The molecule has 0 saturated heterocycles. The highest BCUT2D eigenvalue weighted by Crippen LogP contribution is 2.43. The second kappa shape index (κ2) is 15.8. The van der Waals surface area contributed by atoms with Crippen LogP contribution in [0.4, 0.5) is 17.1 Å². The van der Waals surface area contributed by atoms with Gasteiger partial charge in [0.05, 0.1) is 11.0 Å². The quantitative estimate of drug-likeness (QED) is 0.139. The molecule has 300 valence electrons. The number of para-hydroxylation sites is 3. The van der Waals surface area contributed by atoms with Crippen molar-refractivity contribution in [1.82, 2.24) is 4.57 Å². The van der Waals surface area contributed by atoms with Crippen LogP contribution in [0.15, 0.2) is 255 Å². The normalized spacial score (nSPS) is 11.4. The molecule has 1 heterocycles. The van der Waals surface area contributed by atoms with Gasteiger partial charge < -0.3 is 9.47 Å². The van der Waals surface area contributed by atoms with Crippen molar-refractivity contribution < 1.29 is 0 Å². The van der Waals surface area contributed by atoms with Crippen molar-refractivity contribution in [1.29, 1.82) is 0 Å². The second-order valence-corrected chi connectivity index (χ2v) is 16.5. The maximum Gasteiger partial charge on any atom is 0.0619 e. The van der Waals surface area contributed by atoms with Crippen LogP contribution in [0.5, 0.6) is 0 Å². The summed E-state index contributed by atoms with van der Waals surface area (Å²) in [6.45, 7) is 0. The highest BCUT2D eigenvalue weighted by atomic mass is 15.1. The molecule has 12 aromatic rings. The zero-order valence-corrected chi connectivity index (χ0v) is 35.1. The van der Waals surface area contributed by atoms with Gasteiger partial charge >= 0.3 is 0 Å². The lowest BCUT2D eigenvalue weighted by Crippen LogP contribution is -2.10. The van der Waals surface area contributed by atoms with Gasteiger partial charge in [-0.05, 0) is 115 Å². The Morgan fingerprint density at radius 3 is 1.53 bits per heavy atom. The zero-order valence-electron chi connectivity index (χ0n) is 35.1. The maximum absolute atomic E-state index is 2.42. The summed E-state index contributed by atoms with van der Waals surface area (Å²) >= 11 is 0. The van der Waals surface area contributed by atoms with Crippen molar-refractivity contribution in [3.05, 3.63) is 255 Å². The van der Waals surface area contributed by atoms with Crippen LogP contribution in [-0.4, -0.2) is 4.57 Å². The minimum atomic E-state index is 1.08. The molecule has 0 aliphatic heterocycles. The van der Waals surface area contributed by atoms with E-state index < -0.39 is 0 Å². The molecule has 0 unspecified atom stereocenters. The van der Waals surface area contributed by atoms with Gasteiger partial charge in [-0.25, -0.2) is 0 Å². The topological polar surface area (TPSA) is 8.17 Å². The summed E-state index contributed by atoms with van der Waals surface area (Å²) in [5.41, 5.74) is 16.3. The molecule has 64 heavy (non-hydrogen) atoms. The smallest absolute Gasteiger partial charge is 0.0619 e. The van der Waals surface area contributed by atoms with Gasteiger partial charge in [0.15, 0.2) is 0 Å². The average Bonchev–Trinajstić information content (AvgIpc) is 3.72. The van der Waals surface area contributed by atoms with Crippen molar-refractivity contribution >= 4 is 60.4 Å². The number of aromatic nitrogens is 1. The van der Waals surface area contributed by atoms with Gasteiger partial charge in [0.2, 0.25) is 0 Å². The number of hydrogen-bond acceptors (Lipinski definition) is 1. The highest BCUT2D eigenvalue weighted by molar-refractivity contribution is 6.14. The molecule has 0 atom stereocenters. The second-order valence-electron chi connectivity index (χ2n) is 16.5. The number of anilines is 3. The fourth-order valence-electron chi connectivity index (χ4n) is 9.86. The first-order chi connectivity index (χ1) is 31.8. The number of rotatable bonds is 8. The predicted octanol–water partition coefficient (Wildman–Crippen LogP) is 17.2. The molecule has 2 nitrogen and oxygen atoms in total. The van der Waals surface area contributed by atoms with Crippen molar-refractivity contribution in [2.45, 2.75) is 0 Å². The van der Waals surface area contributed by atoms with Gasteiger partial charge in [-0.2, -0.15) is 0 Å². The molecule has 2 heteroatoms. The predicted molar refractivity (Wildman–Crippen MR) is 272 cm³/mol. The number of nitrogens with zero attached hydrogens (tertiary/aromatic N) is 2. The summed E-state index contributed by atoms with van der Waals surface area (Å²) in [7, 11) is 0. The maximum atomic E-state index is 2.42. The van der Waals surface area contributed by atoms with Crippen LogP contribution in [0.3, 0.4) is 0 Å². The van der Waals surface area contributed by atoms with E-state index >= 15 is 0 Å². The molecule has 0 fully saturated rings. The van der Waals surface area contributed by atoms with E-state index in [1.807, 2.05) is 0 Å². The van der Waals surface area contributed by atoms with Crippen molar-refractivity contribution in [2.75, 3.05) is 4.90 Å². The number of hydrogen-bond donors (Lipinski definition) is 0. The molecule has 12 rings (SSSR count). The van der Waals surface area contributed by atoms with Crippen LogP contribution in [0.1, 0.15) is 0 Å². The van der Waals surface area contributed by atoms with Crippen molar-refractivity contribution in [3.8, 4) is 50.2 Å². The molecule has 0 bridgehead atoms. The highest BCUT2D eigenvalue weighted by Gasteiger charge is 2.19. The lowest BCUT2D eigenvalue weighted by atomic mass is 9.94. The summed E-state index contributed by atoms with van der Waals surface area (Å²) in [5, 5.41) is 7.53. The first-order valence-corrected chi connectivity index (χ1v) is 22.0. The average molecular weight is 815 g/mol. The zero-order chi connectivity index (χ0) is 42.4. The summed E-state index contributed by atoms with van der Waals surface area (Å²) < 4.78 is 2.42. The van der Waals surface area contributed by atoms with Gasteiger partial charge in [0.1, 0.15) is 0 Å². The molecule has 1 aromatic heterocycles. The van der Waals surface area contributed by atoms with Crippen LogP contribution in [0, 0.1) is 0 Å². The minimum absolute atomic E-state index is 1.08. The molecule has 0 N–H and O–H groups in total. The Labute approximate surface area is 373 Å². The molecule has 0 radical (unpaired) electrons. The fourth-order valence-corrected chi connectivity index (χ4v) is 9.86. The lowest BCUT2D eigenvalue weighted by molar-refractivity contribution is 1.18. The lowest BCUT2D eigenvalue weighted by Gasteiger charge is -2.27. The van der Waals surface area contributed by atoms with Gasteiger partial charge in [0, 0.05) is 39.1 Å². The van der Waals surface area contributed by atoms with Crippen LogP contribution in [0.25, 0.3) is 93.5 Å². The van der Waals surface area contributed by atoms with Crippen molar-refractivity contribution in [3.63, 3.8) is 0 Å². The van der Waals surface area contributed by atoms with Gasteiger partial charge in [-0.3, -0.25) is 0 Å². The molecule has 0 saturated carbocycles. The third-order valence-electron chi connectivity index (χ3n) is 12.8. The van der Waals surface area contributed by atoms with E-state index in [1.54, 1.807) is 0 Å². The van der Waals surface area contributed by atoms with Gasteiger partial charge in [-0.15, -0.1) is 0 Å². The Bertz CT molecular complexity index is 3660. The van der Waals surface area contributed by atoms with E-state index in [2.05, 4.69) is 264 Å². The third-order valence-corrected chi connectivity index (χ3v) is 12.8. The molecule has 11 aromatic carbocycles. The molecular formula is C62H42N2.